The van der Waals surface area contributed by atoms with Crippen LogP contribution in [0, 0.1) is 5.82 Å². The normalized spacial score (nSPS) is 9.88. The molecule has 0 aromatic heterocycles. The first kappa shape index (κ1) is 12.4. The van der Waals surface area contributed by atoms with Gasteiger partial charge in [-0.15, -0.1) is 0 Å². The molecule has 0 aliphatic heterocycles. The van der Waals surface area contributed by atoms with Crippen molar-refractivity contribution in [2.75, 3.05) is 13.7 Å². The van der Waals surface area contributed by atoms with Gasteiger partial charge in [0, 0.05) is 12.5 Å². The summed E-state index contributed by atoms with van der Waals surface area (Å²) in [5.74, 6) is -0.0767. The molecule has 1 aromatic carbocycles. The zero-order chi connectivity index (χ0) is 11.8. The fourth-order valence-electron chi connectivity index (χ4n) is 1.14. The summed E-state index contributed by atoms with van der Waals surface area (Å²) in [5, 5.41) is 0. The Balaban J connectivity index is 2.18. The smallest absolute Gasteiger partial charge is 0.243 e. The Hall–Kier alpha value is -1.62. The van der Waals surface area contributed by atoms with Crippen molar-refractivity contribution in [2.24, 2.45) is 0 Å². The molecule has 0 spiro atoms. The number of hydroxylamine groups is 1. The number of ether oxygens (including phenoxy) is 1. The molecule has 1 N–H and O–H groups in total. The van der Waals surface area contributed by atoms with Crippen molar-refractivity contribution >= 4 is 5.91 Å². The lowest BCUT2D eigenvalue weighted by Gasteiger charge is -2.05. The van der Waals surface area contributed by atoms with E-state index in [1.54, 1.807) is 12.1 Å². The van der Waals surface area contributed by atoms with Crippen LogP contribution in [0.2, 0.25) is 0 Å². The summed E-state index contributed by atoms with van der Waals surface area (Å²) < 4.78 is 18.0. The molecule has 0 unspecified atom stereocenters. The van der Waals surface area contributed by atoms with Crippen molar-refractivity contribution in [3.63, 3.8) is 0 Å². The van der Waals surface area contributed by atoms with E-state index in [-0.39, 0.29) is 11.7 Å². The first-order valence-corrected chi connectivity index (χ1v) is 4.92. The maximum absolute atomic E-state index is 12.7. The lowest BCUT2D eigenvalue weighted by molar-refractivity contribution is -0.131. The number of halogens is 1. The first-order chi connectivity index (χ1) is 7.72. The predicted octanol–water partition coefficient (Wildman–Crippen LogP) is 1.66. The SMILES string of the molecule is CONC(=O)CCCOc1cccc(F)c1. The van der Waals surface area contributed by atoms with Gasteiger partial charge in [0.2, 0.25) is 5.91 Å². The Morgan fingerprint density at radius 3 is 3.00 bits per heavy atom. The average Bonchev–Trinajstić information content (AvgIpc) is 2.25. The Morgan fingerprint density at radius 2 is 2.31 bits per heavy atom. The maximum Gasteiger partial charge on any atom is 0.243 e. The van der Waals surface area contributed by atoms with Crippen LogP contribution in [0.1, 0.15) is 12.8 Å². The van der Waals surface area contributed by atoms with E-state index in [0.29, 0.717) is 25.2 Å². The summed E-state index contributed by atoms with van der Waals surface area (Å²) in [5.41, 5.74) is 2.20. The molecule has 5 heteroatoms. The van der Waals surface area contributed by atoms with Crippen LogP contribution in [-0.2, 0) is 9.63 Å². The Labute approximate surface area is 93.3 Å². The largest absolute Gasteiger partial charge is 0.493 e. The van der Waals surface area contributed by atoms with Gasteiger partial charge in [-0.2, -0.15) is 0 Å². The molecule has 0 bridgehead atoms. The average molecular weight is 227 g/mol. The van der Waals surface area contributed by atoms with E-state index in [4.69, 9.17) is 4.74 Å². The number of benzene rings is 1. The quantitative estimate of drug-likeness (QED) is 0.594. The molecule has 0 fully saturated rings. The second-order valence-electron chi connectivity index (χ2n) is 3.14. The zero-order valence-corrected chi connectivity index (χ0v) is 9.03. The van der Waals surface area contributed by atoms with Gasteiger partial charge in [0.1, 0.15) is 11.6 Å². The van der Waals surface area contributed by atoms with Crippen molar-refractivity contribution in [3.05, 3.63) is 30.1 Å². The van der Waals surface area contributed by atoms with Gasteiger partial charge in [-0.1, -0.05) is 6.07 Å². The van der Waals surface area contributed by atoms with Crippen molar-refractivity contribution < 1.29 is 18.8 Å². The highest BCUT2D eigenvalue weighted by atomic mass is 19.1. The van der Waals surface area contributed by atoms with Gasteiger partial charge in [-0.25, -0.2) is 9.87 Å². The molecule has 1 rings (SSSR count). The molecule has 1 amide bonds. The van der Waals surface area contributed by atoms with Crippen molar-refractivity contribution in [1.82, 2.24) is 5.48 Å². The number of amides is 1. The molecule has 88 valence electrons. The fourth-order valence-corrected chi connectivity index (χ4v) is 1.14. The molecule has 0 aliphatic carbocycles. The highest BCUT2D eigenvalue weighted by Crippen LogP contribution is 2.12. The topological polar surface area (TPSA) is 47.6 Å². The number of hydrogen-bond acceptors (Lipinski definition) is 3. The van der Waals surface area contributed by atoms with Crippen LogP contribution in [0.15, 0.2) is 24.3 Å². The second kappa shape index (κ2) is 6.79. The lowest BCUT2D eigenvalue weighted by Crippen LogP contribution is -2.21. The van der Waals surface area contributed by atoms with Crippen molar-refractivity contribution in [3.8, 4) is 5.75 Å². The summed E-state index contributed by atoms with van der Waals surface area (Å²) in [4.78, 5) is 15.4. The van der Waals surface area contributed by atoms with Gasteiger partial charge >= 0.3 is 0 Å². The van der Waals surface area contributed by atoms with Crippen LogP contribution >= 0.6 is 0 Å². The molecule has 0 saturated heterocycles. The first-order valence-electron chi connectivity index (χ1n) is 4.92. The summed E-state index contributed by atoms with van der Waals surface area (Å²) in [6.07, 6.45) is 0.856. The van der Waals surface area contributed by atoms with Crippen LogP contribution in [-0.4, -0.2) is 19.6 Å². The van der Waals surface area contributed by atoms with E-state index < -0.39 is 0 Å². The van der Waals surface area contributed by atoms with E-state index >= 15 is 0 Å². The number of hydrogen-bond donors (Lipinski definition) is 1. The molecule has 4 nitrogen and oxygen atoms in total. The number of carbonyl (C=O) groups is 1. The van der Waals surface area contributed by atoms with Crippen LogP contribution < -0.4 is 10.2 Å². The highest BCUT2D eigenvalue weighted by molar-refractivity contribution is 5.74. The Kier molecular flexibility index (Phi) is 5.28. The molecule has 0 atom stereocenters. The highest BCUT2D eigenvalue weighted by Gasteiger charge is 2.00. The number of carbonyl (C=O) groups excluding carboxylic acids is 1. The lowest BCUT2D eigenvalue weighted by atomic mass is 10.3. The van der Waals surface area contributed by atoms with E-state index in [2.05, 4.69) is 10.3 Å². The molecular formula is C11H14FNO3. The number of nitrogens with one attached hydrogen (secondary N) is 1. The third kappa shape index (κ3) is 4.75. The summed E-state index contributed by atoms with van der Waals surface area (Å²) >= 11 is 0. The van der Waals surface area contributed by atoms with E-state index in [0.717, 1.165) is 0 Å². The molecule has 16 heavy (non-hydrogen) atoms. The van der Waals surface area contributed by atoms with Crippen LogP contribution in [0.4, 0.5) is 4.39 Å². The van der Waals surface area contributed by atoms with E-state index in [1.807, 2.05) is 0 Å². The van der Waals surface area contributed by atoms with E-state index in [9.17, 15) is 9.18 Å². The standard InChI is InChI=1S/C11H14FNO3/c1-15-13-11(14)6-3-7-16-10-5-2-4-9(12)8-10/h2,4-5,8H,3,6-7H2,1H3,(H,13,14). The molecule has 0 heterocycles. The number of rotatable bonds is 6. The minimum Gasteiger partial charge on any atom is -0.493 e. The van der Waals surface area contributed by atoms with Gasteiger partial charge in [0.15, 0.2) is 0 Å². The van der Waals surface area contributed by atoms with Crippen LogP contribution in [0.3, 0.4) is 0 Å². The monoisotopic (exact) mass is 227 g/mol. The third-order valence-electron chi connectivity index (χ3n) is 1.83. The Bertz CT molecular complexity index is 344. The molecular weight excluding hydrogens is 213 g/mol. The van der Waals surface area contributed by atoms with Crippen LogP contribution in [0.25, 0.3) is 0 Å². The molecule has 0 saturated carbocycles. The van der Waals surface area contributed by atoms with Crippen molar-refractivity contribution in [2.45, 2.75) is 12.8 Å². The Morgan fingerprint density at radius 1 is 1.50 bits per heavy atom. The van der Waals surface area contributed by atoms with Gasteiger partial charge in [0.25, 0.3) is 0 Å². The van der Waals surface area contributed by atoms with Gasteiger partial charge < -0.3 is 4.74 Å². The minimum absolute atomic E-state index is 0.203. The summed E-state index contributed by atoms with van der Waals surface area (Å²) in [6.45, 7) is 0.362. The fraction of sp³-hybridized carbons (Fsp3) is 0.364. The van der Waals surface area contributed by atoms with Gasteiger partial charge in [-0.3, -0.25) is 9.63 Å². The molecule has 1 aromatic rings. The van der Waals surface area contributed by atoms with Gasteiger partial charge in [0.05, 0.1) is 13.7 Å². The van der Waals surface area contributed by atoms with Crippen LogP contribution in [0.5, 0.6) is 5.75 Å². The zero-order valence-electron chi connectivity index (χ0n) is 9.03. The summed E-state index contributed by atoms with van der Waals surface area (Å²) in [6, 6.07) is 5.88. The summed E-state index contributed by atoms with van der Waals surface area (Å²) in [7, 11) is 1.38. The van der Waals surface area contributed by atoms with Gasteiger partial charge in [-0.05, 0) is 18.6 Å². The third-order valence-corrected chi connectivity index (χ3v) is 1.83. The second-order valence-corrected chi connectivity index (χ2v) is 3.14. The molecule has 0 aliphatic rings. The molecule has 0 radical (unpaired) electrons. The van der Waals surface area contributed by atoms with E-state index in [1.165, 1.54) is 19.2 Å². The maximum atomic E-state index is 12.7. The van der Waals surface area contributed by atoms with Crippen molar-refractivity contribution in [1.29, 1.82) is 0 Å². The minimum atomic E-state index is -0.338. The predicted molar refractivity (Wildman–Crippen MR) is 56.3 cm³/mol.